The van der Waals surface area contributed by atoms with Gasteiger partial charge in [0, 0.05) is 12.8 Å². The van der Waals surface area contributed by atoms with Crippen molar-refractivity contribution in [2.45, 2.75) is 51.6 Å². The van der Waals surface area contributed by atoms with Crippen molar-refractivity contribution in [3.05, 3.63) is 0 Å². The van der Waals surface area contributed by atoms with Gasteiger partial charge in [0.05, 0.1) is 0 Å². The molecule has 1 saturated carbocycles. The fraction of sp³-hybridized carbons (Fsp3) is 0.769. The van der Waals surface area contributed by atoms with Crippen molar-refractivity contribution in [1.82, 2.24) is 0 Å². The molecule has 1 heterocycles. The minimum atomic E-state index is -1.15. The molecule has 1 aliphatic heterocycles. The van der Waals surface area contributed by atoms with Crippen LogP contribution in [0.4, 0.5) is 0 Å². The van der Waals surface area contributed by atoms with Gasteiger partial charge in [0.15, 0.2) is 17.5 Å². The van der Waals surface area contributed by atoms with Gasteiger partial charge in [-0.3, -0.25) is 14.4 Å². The number of esters is 1. The highest BCUT2D eigenvalue weighted by Gasteiger charge is 2.51. The fourth-order valence-electron chi connectivity index (χ4n) is 2.98. The summed E-state index contributed by atoms with van der Waals surface area (Å²) >= 11 is 0. The van der Waals surface area contributed by atoms with E-state index >= 15 is 0 Å². The number of ketones is 2. The first-order valence-corrected chi connectivity index (χ1v) is 6.26. The van der Waals surface area contributed by atoms with Gasteiger partial charge in [-0.15, -0.1) is 0 Å². The zero-order chi connectivity index (χ0) is 12.6. The van der Waals surface area contributed by atoms with Crippen LogP contribution in [0.3, 0.4) is 0 Å². The Kier molecular flexibility index (Phi) is 3.06. The molecule has 1 aliphatic carbocycles. The van der Waals surface area contributed by atoms with Gasteiger partial charge in [-0.25, -0.2) is 0 Å². The summed E-state index contributed by atoms with van der Waals surface area (Å²) in [6.07, 6.45) is 2.90. The lowest BCUT2D eigenvalue weighted by atomic mass is 9.83. The van der Waals surface area contributed by atoms with Crippen LogP contribution in [0.2, 0.25) is 0 Å². The molecule has 94 valence electrons. The molecule has 2 fully saturated rings. The van der Waals surface area contributed by atoms with Crippen LogP contribution in [-0.2, 0) is 19.1 Å². The SMILES string of the molecule is CCC(=O)C1C(=O)CC2(CCC(C)C2)OC1=O. The van der Waals surface area contributed by atoms with Crippen molar-refractivity contribution in [2.24, 2.45) is 11.8 Å². The standard InChI is InChI=1S/C13H18O4/c1-3-9(14)11-10(15)7-13(17-12(11)16)5-4-8(2)6-13/h8,11H,3-7H2,1-2H3. The van der Waals surface area contributed by atoms with Crippen LogP contribution in [0, 0.1) is 11.8 Å². The average Bonchev–Trinajstić information content (AvgIpc) is 2.58. The number of hydrogen-bond acceptors (Lipinski definition) is 4. The van der Waals surface area contributed by atoms with Crippen LogP contribution < -0.4 is 0 Å². The van der Waals surface area contributed by atoms with Crippen LogP contribution in [0.25, 0.3) is 0 Å². The predicted octanol–water partition coefficient (Wildman–Crippen LogP) is 1.66. The van der Waals surface area contributed by atoms with E-state index in [0.717, 1.165) is 19.3 Å². The summed E-state index contributed by atoms with van der Waals surface area (Å²) in [6, 6.07) is 0. The second-order valence-corrected chi connectivity index (χ2v) is 5.35. The third kappa shape index (κ3) is 2.13. The molecule has 0 aromatic carbocycles. The molecule has 17 heavy (non-hydrogen) atoms. The molecular weight excluding hydrogens is 220 g/mol. The second kappa shape index (κ2) is 4.24. The summed E-state index contributed by atoms with van der Waals surface area (Å²) in [7, 11) is 0. The molecule has 2 rings (SSSR count). The van der Waals surface area contributed by atoms with Crippen molar-refractivity contribution in [1.29, 1.82) is 0 Å². The van der Waals surface area contributed by atoms with Crippen molar-refractivity contribution in [2.75, 3.05) is 0 Å². The average molecular weight is 238 g/mol. The first-order valence-electron chi connectivity index (χ1n) is 6.26. The van der Waals surface area contributed by atoms with Crippen molar-refractivity contribution in [3.8, 4) is 0 Å². The smallest absolute Gasteiger partial charge is 0.324 e. The highest BCUT2D eigenvalue weighted by atomic mass is 16.6. The molecule has 4 heteroatoms. The zero-order valence-corrected chi connectivity index (χ0v) is 10.3. The van der Waals surface area contributed by atoms with Gasteiger partial charge in [-0.1, -0.05) is 13.8 Å². The Labute approximate surface area is 101 Å². The van der Waals surface area contributed by atoms with Gasteiger partial charge < -0.3 is 4.74 Å². The Hall–Kier alpha value is -1.19. The molecule has 0 radical (unpaired) electrons. The van der Waals surface area contributed by atoms with E-state index < -0.39 is 17.5 Å². The van der Waals surface area contributed by atoms with E-state index in [9.17, 15) is 14.4 Å². The van der Waals surface area contributed by atoms with Crippen LogP contribution in [0.1, 0.15) is 46.0 Å². The molecule has 0 aromatic rings. The Morgan fingerprint density at radius 3 is 2.65 bits per heavy atom. The van der Waals surface area contributed by atoms with Gasteiger partial charge >= 0.3 is 5.97 Å². The lowest BCUT2D eigenvalue weighted by Gasteiger charge is -2.35. The van der Waals surface area contributed by atoms with Crippen molar-refractivity contribution < 1.29 is 19.1 Å². The Morgan fingerprint density at radius 1 is 1.47 bits per heavy atom. The van der Waals surface area contributed by atoms with E-state index in [0.29, 0.717) is 5.92 Å². The summed E-state index contributed by atoms with van der Waals surface area (Å²) < 4.78 is 5.43. The highest BCUT2D eigenvalue weighted by molar-refractivity contribution is 6.18. The zero-order valence-electron chi connectivity index (χ0n) is 10.3. The largest absolute Gasteiger partial charge is 0.458 e. The van der Waals surface area contributed by atoms with E-state index in [1.165, 1.54) is 0 Å². The van der Waals surface area contributed by atoms with Gasteiger partial charge in [0.25, 0.3) is 0 Å². The van der Waals surface area contributed by atoms with Crippen LogP contribution >= 0.6 is 0 Å². The van der Waals surface area contributed by atoms with Crippen molar-refractivity contribution >= 4 is 17.5 Å². The molecule has 1 saturated heterocycles. The number of rotatable bonds is 2. The topological polar surface area (TPSA) is 60.4 Å². The van der Waals surface area contributed by atoms with Crippen molar-refractivity contribution in [3.63, 3.8) is 0 Å². The quantitative estimate of drug-likeness (QED) is 0.542. The molecule has 3 unspecified atom stereocenters. The number of ether oxygens (including phenoxy) is 1. The van der Waals surface area contributed by atoms with Gasteiger partial charge in [0.1, 0.15) is 5.60 Å². The number of Topliss-reactive ketones (excluding diaryl/α,β-unsaturated/α-hetero) is 2. The first kappa shape index (κ1) is 12.3. The normalized spacial score (nSPS) is 37.3. The maximum absolute atomic E-state index is 12.0. The first-order chi connectivity index (χ1) is 7.97. The monoisotopic (exact) mass is 238 g/mol. The summed E-state index contributed by atoms with van der Waals surface area (Å²) in [6.45, 7) is 3.75. The summed E-state index contributed by atoms with van der Waals surface area (Å²) in [5, 5.41) is 0. The summed E-state index contributed by atoms with van der Waals surface area (Å²) in [5.41, 5.74) is -0.599. The Balaban J connectivity index is 2.16. The number of hydrogen-bond donors (Lipinski definition) is 0. The summed E-state index contributed by atoms with van der Waals surface area (Å²) in [4.78, 5) is 35.3. The van der Waals surface area contributed by atoms with E-state index in [1.807, 2.05) is 0 Å². The molecule has 0 bridgehead atoms. The minimum Gasteiger partial charge on any atom is -0.458 e. The molecule has 3 atom stereocenters. The fourth-order valence-corrected chi connectivity index (χ4v) is 2.98. The van der Waals surface area contributed by atoms with E-state index in [2.05, 4.69) is 6.92 Å². The maximum atomic E-state index is 12.0. The Bertz CT molecular complexity index is 354. The van der Waals surface area contributed by atoms with Gasteiger partial charge in [-0.2, -0.15) is 0 Å². The molecular formula is C13H18O4. The predicted molar refractivity (Wildman–Crippen MR) is 60.3 cm³/mol. The maximum Gasteiger partial charge on any atom is 0.324 e. The van der Waals surface area contributed by atoms with E-state index in [1.54, 1.807) is 6.92 Å². The minimum absolute atomic E-state index is 0.203. The molecule has 4 nitrogen and oxygen atoms in total. The van der Waals surface area contributed by atoms with Crippen LogP contribution in [0.15, 0.2) is 0 Å². The molecule has 0 aromatic heterocycles. The second-order valence-electron chi connectivity index (χ2n) is 5.35. The molecule has 1 spiro atoms. The summed E-state index contributed by atoms with van der Waals surface area (Å²) in [5.74, 6) is -1.86. The number of carbonyl (C=O) groups is 3. The van der Waals surface area contributed by atoms with Crippen LogP contribution in [-0.4, -0.2) is 23.1 Å². The lowest BCUT2D eigenvalue weighted by Crippen LogP contribution is -2.48. The van der Waals surface area contributed by atoms with Crippen LogP contribution in [0.5, 0.6) is 0 Å². The lowest BCUT2D eigenvalue weighted by molar-refractivity contribution is -0.178. The Morgan fingerprint density at radius 2 is 2.18 bits per heavy atom. The molecule has 2 aliphatic rings. The number of carbonyl (C=O) groups excluding carboxylic acids is 3. The van der Waals surface area contributed by atoms with E-state index in [4.69, 9.17) is 4.74 Å². The molecule has 0 amide bonds. The van der Waals surface area contributed by atoms with Gasteiger partial charge in [-0.05, 0) is 25.2 Å². The van der Waals surface area contributed by atoms with E-state index in [-0.39, 0.29) is 24.4 Å². The highest BCUT2D eigenvalue weighted by Crippen LogP contribution is 2.43. The molecule has 0 N–H and O–H groups in total. The third-order valence-electron chi connectivity index (χ3n) is 3.85. The van der Waals surface area contributed by atoms with Gasteiger partial charge in [0.2, 0.25) is 0 Å². The third-order valence-corrected chi connectivity index (χ3v) is 3.85.